The third-order valence-corrected chi connectivity index (χ3v) is 2.80. The maximum absolute atomic E-state index is 10.7. The van der Waals surface area contributed by atoms with Crippen molar-refractivity contribution in [2.45, 2.75) is 39.5 Å². The summed E-state index contributed by atoms with van der Waals surface area (Å²) in [5.74, 6) is -0.887. The first-order valence-electron chi connectivity index (χ1n) is 5.89. The molecule has 2 heteroatoms. The molecule has 17 heavy (non-hydrogen) atoms. The van der Waals surface area contributed by atoms with Crippen molar-refractivity contribution < 1.29 is 9.90 Å². The lowest BCUT2D eigenvalue weighted by atomic mass is 9.86. The quantitative estimate of drug-likeness (QED) is 0.803. The van der Waals surface area contributed by atoms with Gasteiger partial charge in [-0.15, -0.1) is 0 Å². The highest BCUT2D eigenvalue weighted by Gasteiger charge is 2.13. The van der Waals surface area contributed by atoms with Crippen molar-refractivity contribution in [3.8, 4) is 0 Å². The van der Waals surface area contributed by atoms with Crippen molar-refractivity contribution in [1.82, 2.24) is 0 Å². The average molecular weight is 232 g/mol. The molecule has 1 aromatic rings. The molecule has 0 radical (unpaired) electrons. The molecule has 92 valence electrons. The minimum Gasteiger partial charge on any atom is -0.478 e. The Bertz CT molecular complexity index is 419. The van der Waals surface area contributed by atoms with Gasteiger partial charge in [0.15, 0.2) is 0 Å². The summed E-state index contributed by atoms with van der Waals surface area (Å²) in [6, 6.07) is 8.14. The number of hydrogen-bond acceptors (Lipinski definition) is 1. The summed E-state index contributed by atoms with van der Waals surface area (Å²) in [5.41, 5.74) is 3.23. The Morgan fingerprint density at radius 1 is 1.24 bits per heavy atom. The largest absolute Gasteiger partial charge is 0.478 e. The van der Waals surface area contributed by atoms with Crippen LogP contribution in [0.1, 0.15) is 45.2 Å². The van der Waals surface area contributed by atoms with E-state index in [1.54, 1.807) is 0 Å². The van der Waals surface area contributed by atoms with E-state index in [4.69, 9.17) is 5.11 Å². The Kier molecular flexibility index (Phi) is 4.11. The fourth-order valence-corrected chi connectivity index (χ4v) is 1.72. The summed E-state index contributed by atoms with van der Waals surface area (Å²) in [6.45, 7) is 8.45. The van der Waals surface area contributed by atoms with Crippen molar-refractivity contribution in [2.24, 2.45) is 0 Å². The molecule has 0 aliphatic carbocycles. The topological polar surface area (TPSA) is 37.3 Å². The average Bonchev–Trinajstić information content (AvgIpc) is 2.24. The summed E-state index contributed by atoms with van der Waals surface area (Å²) < 4.78 is 0. The molecule has 0 amide bonds. The lowest BCUT2D eigenvalue weighted by molar-refractivity contribution is -0.131. The summed E-state index contributed by atoms with van der Waals surface area (Å²) in [4.78, 5) is 10.7. The van der Waals surface area contributed by atoms with Crippen LogP contribution >= 0.6 is 0 Å². The molecule has 0 bridgehead atoms. The zero-order valence-electron chi connectivity index (χ0n) is 10.9. The zero-order valence-corrected chi connectivity index (χ0v) is 10.9. The Morgan fingerprint density at radius 3 is 2.12 bits per heavy atom. The van der Waals surface area contributed by atoms with Crippen LogP contribution in [-0.2, 0) is 10.2 Å². The van der Waals surface area contributed by atoms with Gasteiger partial charge in [-0.3, -0.25) is 0 Å². The number of carboxylic acid groups (broad SMARTS) is 1. The van der Waals surface area contributed by atoms with Gasteiger partial charge in [-0.1, -0.05) is 52.0 Å². The second-order valence-electron chi connectivity index (χ2n) is 5.19. The van der Waals surface area contributed by atoms with Crippen LogP contribution in [0.3, 0.4) is 0 Å². The Hall–Kier alpha value is -1.57. The van der Waals surface area contributed by atoms with Crippen molar-refractivity contribution >= 4 is 11.5 Å². The lowest BCUT2D eigenvalue weighted by Crippen LogP contribution is -2.10. The number of carboxylic acids is 1. The van der Waals surface area contributed by atoms with Crippen LogP contribution in [0.4, 0.5) is 0 Å². The van der Waals surface area contributed by atoms with Crippen molar-refractivity contribution in [2.75, 3.05) is 0 Å². The SMILES string of the molecule is CC/C(=C\C(=O)O)c1ccc(C(C)(C)C)cc1. The van der Waals surface area contributed by atoms with Crippen LogP contribution < -0.4 is 0 Å². The Labute approximate surface area is 103 Å². The van der Waals surface area contributed by atoms with Crippen molar-refractivity contribution in [1.29, 1.82) is 0 Å². The summed E-state index contributed by atoms with van der Waals surface area (Å²) in [6.07, 6.45) is 2.01. The highest BCUT2D eigenvalue weighted by Crippen LogP contribution is 2.25. The maximum atomic E-state index is 10.7. The minimum atomic E-state index is -0.887. The predicted octanol–water partition coefficient (Wildman–Crippen LogP) is 3.86. The van der Waals surface area contributed by atoms with E-state index in [9.17, 15) is 4.79 Å². The molecular formula is C15H20O2. The van der Waals surface area contributed by atoms with E-state index in [2.05, 4.69) is 32.9 Å². The van der Waals surface area contributed by atoms with E-state index in [0.717, 1.165) is 17.6 Å². The standard InChI is InChI=1S/C15H20O2/c1-5-11(10-14(16)17)12-6-8-13(9-7-12)15(2,3)4/h6-10H,5H2,1-4H3,(H,16,17)/b11-10+. The highest BCUT2D eigenvalue weighted by atomic mass is 16.4. The second-order valence-corrected chi connectivity index (χ2v) is 5.19. The van der Waals surface area contributed by atoms with Crippen LogP contribution in [0.2, 0.25) is 0 Å². The summed E-state index contributed by atoms with van der Waals surface area (Å²) in [5, 5.41) is 8.78. The minimum absolute atomic E-state index is 0.126. The van der Waals surface area contributed by atoms with Gasteiger partial charge in [0.1, 0.15) is 0 Å². The number of allylic oxidation sites excluding steroid dienone is 1. The van der Waals surface area contributed by atoms with Crippen LogP contribution in [-0.4, -0.2) is 11.1 Å². The third kappa shape index (κ3) is 3.74. The zero-order chi connectivity index (χ0) is 13.1. The predicted molar refractivity (Wildman–Crippen MR) is 71.0 cm³/mol. The molecule has 0 saturated heterocycles. The van der Waals surface area contributed by atoms with Crippen LogP contribution in [0.5, 0.6) is 0 Å². The van der Waals surface area contributed by atoms with E-state index in [-0.39, 0.29) is 5.41 Å². The number of rotatable bonds is 3. The van der Waals surface area contributed by atoms with Gasteiger partial charge >= 0.3 is 5.97 Å². The first-order valence-corrected chi connectivity index (χ1v) is 5.89. The van der Waals surface area contributed by atoms with Crippen LogP contribution in [0, 0.1) is 0 Å². The molecular weight excluding hydrogens is 212 g/mol. The third-order valence-electron chi connectivity index (χ3n) is 2.80. The smallest absolute Gasteiger partial charge is 0.328 e. The Morgan fingerprint density at radius 2 is 1.76 bits per heavy atom. The van der Waals surface area contributed by atoms with E-state index in [0.29, 0.717) is 0 Å². The normalized spacial score (nSPS) is 12.6. The molecule has 1 rings (SSSR count). The first-order chi connectivity index (χ1) is 7.84. The van der Waals surface area contributed by atoms with Gasteiger partial charge in [-0.05, 0) is 28.5 Å². The summed E-state index contributed by atoms with van der Waals surface area (Å²) >= 11 is 0. The van der Waals surface area contributed by atoms with E-state index >= 15 is 0 Å². The van der Waals surface area contributed by atoms with Crippen LogP contribution in [0.15, 0.2) is 30.3 Å². The van der Waals surface area contributed by atoms with E-state index in [1.165, 1.54) is 11.6 Å². The lowest BCUT2D eigenvalue weighted by Gasteiger charge is -2.19. The number of benzene rings is 1. The maximum Gasteiger partial charge on any atom is 0.328 e. The van der Waals surface area contributed by atoms with Gasteiger partial charge in [-0.25, -0.2) is 4.79 Å². The molecule has 0 aliphatic rings. The number of aliphatic carboxylic acids is 1. The van der Waals surface area contributed by atoms with Gasteiger partial charge in [0.25, 0.3) is 0 Å². The molecule has 1 aromatic carbocycles. The van der Waals surface area contributed by atoms with Crippen molar-refractivity contribution in [3.05, 3.63) is 41.5 Å². The molecule has 0 heterocycles. The molecule has 0 saturated carbocycles. The highest BCUT2D eigenvalue weighted by molar-refractivity contribution is 5.89. The number of hydrogen-bond donors (Lipinski definition) is 1. The molecule has 0 atom stereocenters. The van der Waals surface area contributed by atoms with Gasteiger partial charge in [-0.2, -0.15) is 0 Å². The van der Waals surface area contributed by atoms with Crippen molar-refractivity contribution in [3.63, 3.8) is 0 Å². The van der Waals surface area contributed by atoms with Gasteiger partial charge in [0.2, 0.25) is 0 Å². The number of carbonyl (C=O) groups is 1. The van der Waals surface area contributed by atoms with E-state index in [1.807, 2.05) is 19.1 Å². The molecule has 0 aliphatic heterocycles. The molecule has 0 unspecified atom stereocenters. The second kappa shape index (κ2) is 5.17. The monoisotopic (exact) mass is 232 g/mol. The Balaban J connectivity index is 3.05. The fraction of sp³-hybridized carbons (Fsp3) is 0.400. The molecule has 0 fully saturated rings. The van der Waals surface area contributed by atoms with Gasteiger partial charge in [0.05, 0.1) is 0 Å². The van der Waals surface area contributed by atoms with Gasteiger partial charge < -0.3 is 5.11 Å². The molecule has 0 spiro atoms. The first kappa shape index (κ1) is 13.5. The summed E-state index contributed by atoms with van der Waals surface area (Å²) in [7, 11) is 0. The fourth-order valence-electron chi connectivity index (χ4n) is 1.72. The van der Waals surface area contributed by atoms with Crippen LogP contribution in [0.25, 0.3) is 5.57 Å². The molecule has 0 aromatic heterocycles. The van der Waals surface area contributed by atoms with E-state index < -0.39 is 5.97 Å². The molecule has 1 N–H and O–H groups in total. The van der Waals surface area contributed by atoms with Gasteiger partial charge in [0, 0.05) is 6.08 Å². The molecule has 2 nitrogen and oxygen atoms in total.